The van der Waals surface area contributed by atoms with Crippen LogP contribution < -0.4 is 9.47 Å². The molecule has 0 aliphatic carbocycles. The Morgan fingerprint density at radius 2 is 1.48 bits per heavy atom. The summed E-state index contributed by atoms with van der Waals surface area (Å²) in [6.07, 6.45) is 0. The Labute approximate surface area is 176 Å². The minimum absolute atomic E-state index is 0.178. The molecule has 0 radical (unpaired) electrons. The number of rotatable bonds is 9. The summed E-state index contributed by atoms with van der Waals surface area (Å²) < 4.78 is 29.5. The van der Waals surface area contributed by atoms with Crippen LogP contribution in [-0.4, -0.2) is 19.8 Å². The zero-order chi connectivity index (χ0) is 21.8. The molecular weight excluding hydrogens is 367 g/mol. The summed E-state index contributed by atoms with van der Waals surface area (Å²) in [7, 11) is 0. The van der Waals surface area contributed by atoms with Crippen LogP contribution in [0, 0.1) is 5.82 Å². The highest BCUT2D eigenvalue weighted by Gasteiger charge is 2.09. The summed E-state index contributed by atoms with van der Waals surface area (Å²) in [5.74, 6) is 2.55. The van der Waals surface area contributed by atoms with Crippen molar-refractivity contribution in [3.63, 3.8) is 0 Å². The average molecular weight is 405 g/mol. The first-order valence-corrected chi connectivity index (χ1v) is 10.6. The molecule has 3 nitrogen and oxygen atoms in total. The van der Waals surface area contributed by atoms with Crippen molar-refractivity contribution in [3.8, 4) is 11.5 Å². The molecule has 0 aliphatic heterocycles. The second kappa shape index (κ2) is 13.2. The van der Waals surface area contributed by atoms with E-state index in [2.05, 4.69) is 33.8 Å². The predicted octanol–water partition coefficient (Wildman–Crippen LogP) is 7.09. The molecule has 0 bridgehead atoms. The Morgan fingerprint density at radius 1 is 0.793 bits per heavy atom. The van der Waals surface area contributed by atoms with E-state index in [9.17, 15) is 4.39 Å². The topological polar surface area (TPSA) is 27.7 Å². The maximum absolute atomic E-state index is 13.3. The van der Waals surface area contributed by atoms with Gasteiger partial charge in [-0.2, -0.15) is 0 Å². The number of hydrogen-bond donors (Lipinski definition) is 0. The van der Waals surface area contributed by atoms with Crippen molar-refractivity contribution in [1.29, 1.82) is 0 Å². The summed E-state index contributed by atoms with van der Waals surface area (Å²) in [5.41, 5.74) is 3.04. The van der Waals surface area contributed by atoms with Gasteiger partial charge in [0.25, 0.3) is 0 Å². The fraction of sp³-hybridized carbons (Fsp3) is 0.520. The molecular formula is C25H37FO3. The maximum atomic E-state index is 13.3. The van der Waals surface area contributed by atoms with E-state index in [1.807, 2.05) is 45.0 Å². The summed E-state index contributed by atoms with van der Waals surface area (Å²) in [4.78, 5) is 0. The van der Waals surface area contributed by atoms with Crippen molar-refractivity contribution >= 4 is 0 Å². The van der Waals surface area contributed by atoms with Gasteiger partial charge in [0.15, 0.2) is 0 Å². The second-order valence-corrected chi connectivity index (χ2v) is 7.36. The maximum Gasteiger partial charge on any atom is 0.128 e. The molecule has 0 amide bonds. The standard InChI is InChI=1S/C13H20O2.C12H17FO/c1-5-14-11-7-8-12(10(3)4)13(9-11)15-6-2;1-4-14-8-11-7-10(9(2)3)5-6-12(11)13/h7-10H,5-6H2,1-4H3;5-7,9H,4,8H2,1-3H3. The molecule has 0 atom stereocenters. The van der Waals surface area contributed by atoms with Crippen molar-refractivity contribution in [2.24, 2.45) is 0 Å². The predicted molar refractivity (Wildman–Crippen MR) is 119 cm³/mol. The molecule has 0 heterocycles. The molecule has 2 aromatic rings. The summed E-state index contributed by atoms with van der Waals surface area (Å²) in [6, 6.07) is 11.3. The lowest BCUT2D eigenvalue weighted by molar-refractivity contribution is 0.131. The summed E-state index contributed by atoms with van der Waals surface area (Å²) in [6.45, 7) is 16.8. The minimum Gasteiger partial charge on any atom is -0.494 e. The van der Waals surface area contributed by atoms with Crippen molar-refractivity contribution < 1.29 is 18.6 Å². The van der Waals surface area contributed by atoms with Gasteiger partial charge in [-0.15, -0.1) is 0 Å². The first-order valence-electron chi connectivity index (χ1n) is 10.6. The van der Waals surface area contributed by atoms with Crippen molar-refractivity contribution in [3.05, 3.63) is 58.9 Å². The smallest absolute Gasteiger partial charge is 0.128 e. The van der Waals surface area contributed by atoms with Crippen molar-refractivity contribution in [2.75, 3.05) is 19.8 Å². The lowest BCUT2D eigenvalue weighted by Crippen LogP contribution is -1.99. The van der Waals surface area contributed by atoms with Crippen LogP contribution in [-0.2, 0) is 11.3 Å². The summed E-state index contributed by atoms with van der Waals surface area (Å²) >= 11 is 0. The molecule has 0 aromatic heterocycles. The fourth-order valence-electron chi connectivity index (χ4n) is 2.81. The number of benzene rings is 2. The normalized spacial score (nSPS) is 10.7. The first kappa shape index (κ1) is 25.0. The van der Waals surface area contributed by atoms with Gasteiger partial charge in [-0.3, -0.25) is 0 Å². The van der Waals surface area contributed by atoms with Crippen LogP contribution in [0.4, 0.5) is 4.39 Å². The van der Waals surface area contributed by atoms with E-state index < -0.39 is 0 Å². The van der Waals surface area contributed by atoms with E-state index in [4.69, 9.17) is 14.2 Å². The van der Waals surface area contributed by atoms with Crippen LogP contribution in [0.3, 0.4) is 0 Å². The Kier molecular flexibility index (Phi) is 11.4. The van der Waals surface area contributed by atoms with E-state index in [1.165, 1.54) is 11.6 Å². The number of halogens is 1. The molecule has 0 unspecified atom stereocenters. The van der Waals surface area contributed by atoms with Crippen LogP contribution >= 0.6 is 0 Å². The highest BCUT2D eigenvalue weighted by atomic mass is 19.1. The van der Waals surface area contributed by atoms with Gasteiger partial charge < -0.3 is 14.2 Å². The van der Waals surface area contributed by atoms with E-state index in [0.717, 1.165) is 17.1 Å². The van der Waals surface area contributed by atoms with Crippen LogP contribution in [0.2, 0.25) is 0 Å². The van der Waals surface area contributed by atoms with Crippen molar-refractivity contribution in [1.82, 2.24) is 0 Å². The SMILES string of the molecule is CCOCc1cc(C(C)C)ccc1F.CCOc1ccc(C(C)C)c(OCC)c1. The largest absolute Gasteiger partial charge is 0.494 e. The Morgan fingerprint density at radius 3 is 2.03 bits per heavy atom. The molecule has 0 aliphatic rings. The lowest BCUT2D eigenvalue weighted by atomic mass is 10.0. The van der Waals surface area contributed by atoms with E-state index in [-0.39, 0.29) is 5.82 Å². The van der Waals surface area contributed by atoms with Crippen LogP contribution in [0.25, 0.3) is 0 Å². The van der Waals surface area contributed by atoms with E-state index >= 15 is 0 Å². The Balaban J connectivity index is 0.000000291. The third-order valence-electron chi connectivity index (χ3n) is 4.42. The van der Waals surface area contributed by atoms with Gasteiger partial charge in [0.1, 0.15) is 17.3 Å². The minimum atomic E-state index is -0.178. The van der Waals surface area contributed by atoms with Gasteiger partial charge >= 0.3 is 0 Å². The molecule has 2 aromatic carbocycles. The lowest BCUT2D eigenvalue weighted by Gasteiger charge is -2.14. The zero-order valence-corrected chi connectivity index (χ0v) is 19.0. The van der Waals surface area contributed by atoms with Gasteiger partial charge in [0, 0.05) is 18.2 Å². The fourth-order valence-corrected chi connectivity index (χ4v) is 2.81. The highest BCUT2D eigenvalue weighted by Crippen LogP contribution is 2.30. The molecule has 0 fully saturated rings. The molecule has 0 saturated carbocycles. The van der Waals surface area contributed by atoms with Gasteiger partial charge in [0.05, 0.1) is 19.8 Å². The third-order valence-corrected chi connectivity index (χ3v) is 4.42. The number of hydrogen-bond acceptors (Lipinski definition) is 3. The van der Waals surface area contributed by atoms with E-state index in [1.54, 1.807) is 0 Å². The Bertz CT molecular complexity index is 726. The van der Waals surface area contributed by atoms with Crippen LogP contribution in [0.15, 0.2) is 36.4 Å². The first-order chi connectivity index (χ1) is 13.8. The average Bonchev–Trinajstić information content (AvgIpc) is 2.68. The van der Waals surface area contributed by atoms with Crippen molar-refractivity contribution in [2.45, 2.75) is 66.9 Å². The molecule has 0 saturated heterocycles. The molecule has 162 valence electrons. The molecule has 0 spiro atoms. The molecule has 4 heteroatoms. The zero-order valence-electron chi connectivity index (χ0n) is 19.0. The molecule has 29 heavy (non-hydrogen) atoms. The molecule has 0 N–H and O–H groups in total. The third kappa shape index (κ3) is 8.45. The molecule has 2 rings (SSSR count). The Hall–Kier alpha value is -2.07. The highest BCUT2D eigenvalue weighted by molar-refractivity contribution is 5.42. The monoisotopic (exact) mass is 404 g/mol. The van der Waals surface area contributed by atoms with Crippen LogP contribution in [0.1, 0.15) is 77.0 Å². The van der Waals surface area contributed by atoms with Gasteiger partial charge in [0.2, 0.25) is 0 Å². The van der Waals surface area contributed by atoms with E-state index in [0.29, 0.717) is 43.8 Å². The number of ether oxygens (including phenoxy) is 3. The van der Waals surface area contributed by atoms with Gasteiger partial charge in [-0.1, -0.05) is 45.9 Å². The summed E-state index contributed by atoms with van der Waals surface area (Å²) in [5, 5.41) is 0. The second-order valence-electron chi connectivity index (χ2n) is 7.36. The van der Waals surface area contributed by atoms with Gasteiger partial charge in [-0.05, 0) is 55.9 Å². The quantitative estimate of drug-likeness (QED) is 0.446. The van der Waals surface area contributed by atoms with Crippen LogP contribution in [0.5, 0.6) is 11.5 Å². The van der Waals surface area contributed by atoms with Gasteiger partial charge in [-0.25, -0.2) is 4.39 Å².